The molecular weight excluding hydrogens is 450 g/mol. The van der Waals surface area contributed by atoms with Crippen LogP contribution in [0.2, 0.25) is 0 Å². The molecule has 0 radical (unpaired) electrons. The number of fused-ring (bicyclic) bond motifs is 1. The summed E-state index contributed by atoms with van der Waals surface area (Å²) in [5, 5.41) is 7.16. The molecule has 0 fully saturated rings. The van der Waals surface area contributed by atoms with Gasteiger partial charge in [-0.3, -0.25) is 9.59 Å². The molecular formula is C22H20BrN3O4. The Labute approximate surface area is 181 Å². The lowest BCUT2D eigenvalue weighted by atomic mass is 10.1. The fourth-order valence-electron chi connectivity index (χ4n) is 3.10. The number of carbonyl (C=O) groups excluding carboxylic acids is 1. The molecule has 2 aromatic carbocycles. The lowest BCUT2D eigenvalue weighted by Crippen LogP contribution is -2.29. The molecule has 30 heavy (non-hydrogen) atoms. The normalized spacial score (nSPS) is 12.9. The molecule has 1 aliphatic heterocycles. The van der Waals surface area contributed by atoms with E-state index in [0.29, 0.717) is 36.1 Å². The average Bonchev–Trinajstić information content (AvgIpc) is 2.97. The van der Waals surface area contributed by atoms with Crippen LogP contribution in [0.15, 0.2) is 57.8 Å². The topological polar surface area (TPSA) is 82.5 Å². The first-order valence-corrected chi connectivity index (χ1v) is 10.3. The molecule has 7 nitrogen and oxygen atoms in total. The number of anilines is 1. The predicted octanol–water partition coefficient (Wildman–Crippen LogP) is 3.78. The van der Waals surface area contributed by atoms with Crippen molar-refractivity contribution in [2.45, 2.75) is 19.9 Å². The van der Waals surface area contributed by atoms with Gasteiger partial charge in [-0.05, 0) is 55.0 Å². The van der Waals surface area contributed by atoms with Gasteiger partial charge in [0, 0.05) is 28.2 Å². The van der Waals surface area contributed by atoms with Crippen molar-refractivity contribution in [1.29, 1.82) is 0 Å². The summed E-state index contributed by atoms with van der Waals surface area (Å²) >= 11 is 3.43. The van der Waals surface area contributed by atoms with Crippen LogP contribution in [0.5, 0.6) is 11.5 Å². The van der Waals surface area contributed by atoms with Crippen LogP contribution in [-0.4, -0.2) is 28.9 Å². The molecule has 1 amide bonds. The Morgan fingerprint density at radius 3 is 2.70 bits per heavy atom. The van der Waals surface area contributed by atoms with Crippen molar-refractivity contribution < 1.29 is 14.3 Å². The van der Waals surface area contributed by atoms with Gasteiger partial charge in [-0.1, -0.05) is 15.9 Å². The van der Waals surface area contributed by atoms with Crippen molar-refractivity contribution in [3.63, 3.8) is 0 Å². The molecule has 0 saturated carbocycles. The first kappa shape index (κ1) is 20.2. The minimum Gasteiger partial charge on any atom is -0.490 e. The quantitative estimate of drug-likeness (QED) is 0.628. The van der Waals surface area contributed by atoms with Crippen LogP contribution >= 0.6 is 15.9 Å². The molecule has 4 rings (SSSR count). The van der Waals surface area contributed by atoms with Crippen LogP contribution in [-0.2, 0) is 11.3 Å². The Kier molecular flexibility index (Phi) is 5.85. The first-order valence-electron chi connectivity index (χ1n) is 9.54. The number of benzene rings is 2. The van der Waals surface area contributed by atoms with Gasteiger partial charge < -0.3 is 14.8 Å². The number of halogens is 1. The number of ether oxygens (including phenoxy) is 2. The number of hydrogen-bond acceptors (Lipinski definition) is 5. The molecule has 1 aromatic heterocycles. The average molecular weight is 470 g/mol. The Bertz CT molecular complexity index is 1160. The van der Waals surface area contributed by atoms with Crippen LogP contribution in [0.3, 0.4) is 0 Å². The maximum Gasteiger partial charge on any atom is 0.267 e. The summed E-state index contributed by atoms with van der Waals surface area (Å²) in [4.78, 5) is 24.7. The van der Waals surface area contributed by atoms with Gasteiger partial charge in [0.05, 0.1) is 18.9 Å². The minimum atomic E-state index is -0.352. The highest BCUT2D eigenvalue weighted by Gasteiger charge is 2.14. The molecule has 1 N–H and O–H groups in total. The Morgan fingerprint density at radius 1 is 1.10 bits per heavy atom. The van der Waals surface area contributed by atoms with E-state index in [1.807, 2.05) is 37.3 Å². The van der Waals surface area contributed by atoms with E-state index < -0.39 is 0 Å². The molecule has 0 unspecified atom stereocenters. The zero-order valence-corrected chi connectivity index (χ0v) is 17.9. The predicted molar refractivity (Wildman–Crippen MR) is 117 cm³/mol. The van der Waals surface area contributed by atoms with Crippen molar-refractivity contribution in [1.82, 2.24) is 9.78 Å². The van der Waals surface area contributed by atoms with Gasteiger partial charge in [0.1, 0.15) is 6.54 Å². The fraction of sp³-hybridized carbons (Fsp3) is 0.227. The number of carbonyl (C=O) groups is 1. The van der Waals surface area contributed by atoms with Crippen LogP contribution < -0.4 is 20.3 Å². The second-order valence-corrected chi connectivity index (χ2v) is 7.79. The summed E-state index contributed by atoms with van der Waals surface area (Å²) in [5.74, 6) is 1.00. The number of nitrogens with one attached hydrogen (secondary N) is 1. The minimum absolute atomic E-state index is 0.188. The monoisotopic (exact) mass is 469 g/mol. The summed E-state index contributed by atoms with van der Waals surface area (Å²) in [6, 6.07) is 14.1. The summed E-state index contributed by atoms with van der Waals surface area (Å²) in [6.07, 6.45) is 0.820. The molecule has 154 valence electrons. The second kappa shape index (κ2) is 8.71. The van der Waals surface area contributed by atoms with Gasteiger partial charge in [0.25, 0.3) is 5.56 Å². The lowest BCUT2D eigenvalue weighted by molar-refractivity contribution is -0.117. The molecule has 3 aromatic rings. The maximum atomic E-state index is 12.4. The summed E-state index contributed by atoms with van der Waals surface area (Å²) in [5.41, 5.74) is 2.65. The molecule has 0 bridgehead atoms. The number of aromatic nitrogens is 2. The number of nitrogens with zero attached hydrogens (tertiary/aromatic N) is 2. The molecule has 2 heterocycles. The van der Waals surface area contributed by atoms with Gasteiger partial charge >= 0.3 is 0 Å². The van der Waals surface area contributed by atoms with Gasteiger partial charge in [-0.25, -0.2) is 4.68 Å². The van der Waals surface area contributed by atoms with E-state index in [1.54, 1.807) is 12.1 Å². The Hall–Kier alpha value is -3.13. The largest absolute Gasteiger partial charge is 0.490 e. The van der Waals surface area contributed by atoms with Gasteiger partial charge in [0.2, 0.25) is 5.91 Å². The summed E-state index contributed by atoms with van der Waals surface area (Å²) in [7, 11) is 0. The second-order valence-electron chi connectivity index (χ2n) is 6.94. The third-order valence-electron chi connectivity index (χ3n) is 4.64. The van der Waals surface area contributed by atoms with Crippen molar-refractivity contribution in [3.8, 4) is 22.8 Å². The van der Waals surface area contributed by atoms with E-state index in [-0.39, 0.29) is 18.0 Å². The molecule has 1 aliphatic rings. The van der Waals surface area contributed by atoms with E-state index in [9.17, 15) is 9.59 Å². The van der Waals surface area contributed by atoms with Crippen LogP contribution in [0.25, 0.3) is 11.3 Å². The highest BCUT2D eigenvalue weighted by atomic mass is 79.9. The van der Waals surface area contributed by atoms with Crippen LogP contribution in [0.4, 0.5) is 5.69 Å². The smallest absolute Gasteiger partial charge is 0.267 e. The van der Waals surface area contributed by atoms with E-state index in [1.165, 1.54) is 6.07 Å². The number of amides is 1. The number of aryl methyl sites for hydroxylation is 1. The lowest BCUT2D eigenvalue weighted by Gasteiger charge is -2.11. The highest BCUT2D eigenvalue weighted by Crippen LogP contribution is 2.33. The molecule has 0 spiro atoms. The molecule has 0 atom stereocenters. The molecule has 8 heteroatoms. The van der Waals surface area contributed by atoms with E-state index in [0.717, 1.165) is 26.7 Å². The zero-order valence-electron chi connectivity index (χ0n) is 16.4. The van der Waals surface area contributed by atoms with Crippen LogP contribution in [0.1, 0.15) is 12.0 Å². The highest BCUT2D eigenvalue weighted by molar-refractivity contribution is 9.10. The maximum absolute atomic E-state index is 12.4. The first-order chi connectivity index (χ1) is 14.5. The standard InChI is InChI=1S/C22H20BrN3O4/c1-14-11-16(4-5-17(14)23)24-21(27)13-26-22(28)8-6-18(25-26)15-3-7-19-20(12-15)30-10-2-9-29-19/h3-8,11-12H,2,9-10,13H2,1H3,(H,24,27). The summed E-state index contributed by atoms with van der Waals surface area (Å²) in [6.45, 7) is 2.94. The third kappa shape index (κ3) is 4.54. The van der Waals surface area contributed by atoms with Crippen molar-refractivity contribution >= 4 is 27.5 Å². The number of hydrogen-bond donors (Lipinski definition) is 1. The molecule has 0 saturated heterocycles. The van der Waals surface area contributed by atoms with Crippen molar-refractivity contribution in [2.24, 2.45) is 0 Å². The Morgan fingerprint density at radius 2 is 1.90 bits per heavy atom. The zero-order chi connectivity index (χ0) is 21.1. The van der Waals surface area contributed by atoms with Crippen molar-refractivity contribution in [2.75, 3.05) is 18.5 Å². The third-order valence-corrected chi connectivity index (χ3v) is 5.53. The Balaban J connectivity index is 1.54. The summed E-state index contributed by atoms with van der Waals surface area (Å²) < 4.78 is 13.5. The fourth-order valence-corrected chi connectivity index (χ4v) is 3.34. The van der Waals surface area contributed by atoms with E-state index in [4.69, 9.17) is 9.47 Å². The number of rotatable bonds is 4. The van der Waals surface area contributed by atoms with E-state index >= 15 is 0 Å². The van der Waals surface area contributed by atoms with Gasteiger partial charge in [-0.2, -0.15) is 5.10 Å². The molecule has 0 aliphatic carbocycles. The SMILES string of the molecule is Cc1cc(NC(=O)Cn2nc(-c3ccc4c(c3)OCCCO4)ccc2=O)ccc1Br. The van der Waals surface area contributed by atoms with E-state index in [2.05, 4.69) is 26.3 Å². The van der Waals surface area contributed by atoms with Gasteiger partial charge in [-0.15, -0.1) is 0 Å². The van der Waals surface area contributed by atoms with Crippen LogP contribution in [0, 0.1) is 6.92 Å². The van der Waals surface area contributed by atoms with Crippen molar-refractivity contribution in [3.05, 3.63) is 68.9 Å². The van der Waals surface area contributed by atoms with Gasteiger partial charge in [0.15, 0.2) is 11.5 Å².